The third-order valence-corrected chi connectivity index (χ3v) is 5.88. The van der Waals surface area contributed by atoms with Crippen LogP contribution in [0, 0.1) is 0 Å². The normalized spacial score (nSPS) is 20.6. The number of rotatable bonds is 5. The second kappa shape index (κ2) is 5.61. The van der Waals surface area contributed by atoms with E-state index in [0.29, 0.717) is 0 Å². The third-order valence-electron chi connectivity index (χ3n) is 2.62. The molecule has 17 heavy (non-hydrogen) atoms. The van der Waals surface area contributed by atoms with E-state index in [1.165, 1.54) is 8.61 Å². The lowest BCUT2D eigenvalue weighted by Crippen LogP contribution is -2.50. The van der Waals surface area contributed by atoms with Crippen molar-refractivity contribution >= 4 is 20.0 Å². The molecule has 1 N–H and O–H groups in total. The molecule has 1 aliphatic rings. The maximum absolute atomic E-state index is 11.7. The van der Waals surface area contributed by atoms with E-state index in [1.807, 2.05) is 0 Å². The van der Waals surface area contributed by atoms with Gasteiger partial charge in [-0.2, -0.15) is 8.61 Å². The van der Waals surface area contributed by atoms with Crippen LogP contribution >= 0.6 is 0 Å². The van der Waals surface area contributed by atoms with Crippen molar-refractivity contribution in [2.75, 3.05) is 44.8 Å². The van der Waals surface area contributed by atoms with Crippen LogP contribution in [-0.4, -0.2) is 75.3 Å². The summed E-state index contributed by atoms with van der Waals surface area (Å²) >= 11 is 0. The maximum atomic E-state index is 11.7. The van der Waals surface area contributed by atoms with E-state index in [0.717, 1.165) is 6.26 Å². The van der Waals surface area contributed by atoms with Crippen LogP contribution in [-0.2, 0) is 20.0 Å². The van der Waals surface area contributed by atoms with Gasteiger partial charge in [-0.1, -0.05) is 0 Å². The Labute approximate surface area is 102 Å². The predicted molar refractivity (Wildman–Crippen MR) is 63.5 cm³/mol. The van der Waals surface area contributed by atoms with Crippen LogP contribution in [0.1, 0.15) is 6.42 Å². The van der Waals surface area contributed by atoms with Crippen LogP contribution in [0.4, 0.5) is 0 Å². The zero-order valence-electron chi connectivity index (χ0n) is 9.74. The van der Waals surface area contributed by atoms with Gasteiger partial charge >= 0.3 is 0 Å². The molecule has 102 valence electrons. The first-order chi connectivity index (χ1) is 7.77. The monoisotopic (exact) mass is 286 g/mol. The molecule has 1 saturated heterocycles. The maximum Gasteiger partial charge on any atom is 0.214 e. The summed E-state index contributed by atoms with van der Waals surface area (Å²) in [4.78, 5) is 0. The molecule has 0 unspecified atom stereocenters. The molecule has 0 aromatic heterocycles. The highest BCUT2D eigenvalue weighted by molar-refractivity contribution is 7.89. The lowest BCUT2D eigenvalue weighted by atomic mass is 10.4. The van der Waals surface area contributed by atoms with Crippen LogP contribution in [0.2, 0.25) is 0 Å². The molecule has 1 rings (SSSR count). The molecule has 0 spiro atoms. The average Bonchev–Trinajstić information content (AvgIpc) is 2.25. The molecule has 0 atom stereocenters. The van der Waals surface area contributed by atoms with E-state index in [4.69, 9.17) is 5.11 Å². The first-order valence-corrected chi connectivity index (χ1v) is 8.77. The van der Waals surface area contributed by atoms with E-state index in [1.54, 1.807) is 0 Å². The molecule has 1 aliphatic heterocycles. The van der Waals surface area contributed by atoms with Gasteiger partial charge in [0.05, 0.1) is 12.0 Å². The molecule has 9 heteroatoms. The van der Waals surface area contributed by atoms with Crippen molar-refractivity contribution in [1.29, 1.82) is 0 Å². The van der Waals surface area contributed by atoms with Crippen molar-refractivity contribution < 1.29 is 21.9 Å². The van der Waals surface area contributed by atoms with Crippen molar-refractivity contribution in [3.8, 4) is 0 Å². The van der Waals surface area contributed by atoms with E-state index in [9.17, 15) is 16.8 Å². The van der Waals surface area contributed by atoms with Crippen LogP contribution in [0.15, 0.2) is 0 Å². The fourth-order valence-electron chi connectivity index (χ4n) is 1.66. The summed E-state index contributed by atoms with van der Waals surface area (Å²) in [6.07, 6.45) is 1.32. The predicted octanol–water partition coefficient (Wildman–Crippen LogP) is -1.72. The Morgan fingerprint density at radius 1 is 1.00 bits per heavy atom. The van der Waals surface area contributed by atoms with Crippen molar-refractivity contribution in [3.05, 3.63) is 0 Å². The fourth-order valence-corrected chi connectivity index (χ4v) is 3.95. The summed E-state index contributed by atoms with van der Waals surface area (Å²) in [5, 5.41) is 8.61. The summed E-state index contributed by atoms with van der Waals surface area (Å²) in [7, 11) is -6.60. The highest BCUT2D eigenvalue weighted by Crippen LogP contribution is 2.11. The highest BCUT2D eigenvalue weighted by Gasteiger charge is 2.29. The molecule has 0 bridgehead atoms. The van der Waals surface area contributed by atoms with Gasteiger partial charge in [-0.3, -0.25) is 0 Å². The Morgan fingerprint density at radius 2 is 1.47 bits per heavy atom. The van der Waals surface area contributed by atoms with Gasteiger partial charge in [-0.25, -0.2) is 16.8 Å². The van der Waals surface area contributed by atoms with Gasteiger partial charge in [0.15, 0.2) is 0 Å². The Balaban J connectivity index is 2.58. The molecule has 1 fully saturated rings. The molecular formula is C8H18N2O5S2. The Kier molecular flexibility index (Phi) is 4.90. The standard InChI is InChI=1S/C8H18N2O5S2/c1-16(12,13)9-3-5-10(6-4-9)17(14,15)8-2-7-11/h11H,2-8H2,1H3. The second-order valence-corrected chi connectivity index (χ2v) is 8.03. The number of nitrogens with zero attached hydrogens (tertiary/aromatic N) is 2. The average molecular weight is 286 g/mol. The number of hydrogen-bond acceptors (Lipinski definition) is 5. The van der Waals surface area contributed by atoms with Crippen LogP contribution in [0.25, 0.3) is 0 Å². The van der Waals surface area contributed by atoms with Gasteiger partial charge in [-0.15, -0.1) is 0 Å². The first kappa shape index (κ1) is 14.8. The van der Waals surface area contributed by atoms with Crippen molar-refractivity contribution in [2.24, 2.45) is 0 Å². The number of aliphatic hydroxyl groups is 1. The largest absolute Gasteiger partial charge is 0.396 e. The summed E-state index contributed by atoms with van der Waals surface area (Å²) < 4.78 is 48.5. The smallest absolute Gasteiger partial charge is 0.214 e. The molecule has 0 aromatic rings. The van der Waals surface area contributed by atoms with Crippen LogP contribution in [0.3, 0.4) is 0 Å². The van der Waals surface area contributed by atoms with E-state index < -0.39 is 20.0 Å². The number of aliphatic hydroxyl groups excluding tert-OH is 1. The van der Waals surface area contributed by atoms with Crippen molar-refractivity contribution in [3.63, 3.8) is 0 Å². The Bertz CT molecular complexity index is 437. The zero-order chi connectivity index (χ0) is 13.1. The molecule has 0 aromatic carbocycles. The molecule has 0 saturated carbocycles. The first-order valence-electron chi connectivity index (χ1n) is 5.31. The van der Waals surface area contributed by atoms with E-state index in [2.05, 4.69) is 0 Å². The van der Waals surface area contributed by atoms with Crippen LogP contribution in [0.5, 0.6) is 0 Å². The van der Waals surface area contributed by atoms with Crippen LogP contribution < -0.4 is 0 Å². The zero-order valence-corrected chi connectivity index (χ0v) is 11.4. The fraction of sp³-hybridized carbons (Fsp3) is 1.00. The summed E-state index contributed by atoms with van der Waals surface area (Å²) in [6, 6.07) is 0. The second-order valence-electron chi connectivity index (χ2n) is 3.95. The van der Waals surface area contributed by atoms with Gasteiger partial charge < -0.3 is 5.11 Å². The summed E-state index contributed by atoms with van der Waals surface area (Å²) in [6.45, 7) is 0.582. The summed E-state index contributed by atoms with van der Waals surface area (Å²) in [5.74, 6) is -0.0949. The van der Waals surface area contributed by atoms with Crippen molar-refractivity contribution in [2.45, 2.75) is 6.42 Å². The molecule has 1 heterocycles. The minimum Gasteiger partial charge on any atom is -0.396 e. The number of piperazine rings is 1. The minimum atomic E-state index is -3.36. The third kappa shape index (κ3) is 4.18. The summed E-state index contributed by atoms with van der Waals surface area (Å²) in [5.41, 5.74) is 0. The van der Waals surface area contributed by atoms with Gasteiger partial charge in [0.1, 0.15) is 0 Å². The topological polar surface area (TPSA) is 95.0 Å². The Morgan fingerprint density at radius 3 is 1.88 bits per heavy atom. The highest BCUT2D eigenvalue weighted by atomic mass is 32.2. The molecular weight excluding hydrogens is 268 g/mol. The van der Waals surface area contributed by atoms with Crippen molar-refractivity contribution in [1.82, 2.24) is 8.61 Å². The van der Waals surface area contributed by atoms with Gasteiger partial charge in [0, 0.05) is 32.8 Å². The van der Waals surface area contributed by atoms with Gasteiger partial charge in [0.2, 0.25) is 20.0 Å². The molecule has 0 aliphatic carbocycles. The molecule has 7 nitrogen and oxygen atoms in total. The quantitative estimate of drug-likeness (QED) is 0.648. The number of sulfonamides is 2. The minimum absolute atomic E-state index is 0.0949. The number of hydrogen-bond donors (Lipinski definition) is 1. The molecule has 0 radical (unpaired) electrons. The SMILES string of the molecule is CS(=O)(=O)N1CCN(S(=O)(=O)CCCO)CC1. The lowest BCUT2D eigenvalue weighted by molar-refractivity contribution is 0.270. The Hall–Kier alpha value is -0.220. The van der Waals surface area contributed by atoms with Gasteiger partial charge in [0.25, 0.3) is 0 Å². The van der Waals surface area contributed by atoms with E-state index in [-0.39, 0.29) is 45.0 Å². The lowest BCUT2D eigenvalue weighted by Gasteiger charge is -2.32. The van der Waals surface area contributed by atoms with E-state index >= 15 is 0 Å². The molecule has 0 amide bonds. The van der Waals surface area contributed by atoms with Gasteiger partial charge in [-0.05, 0) is 6.42 Å².